The van der Waals surface area contributed by atoms with Gasteiger partial charge in [0.1, 0.15) is 5.69 Å². The Morgan fingerprint density at radius 2 is 2.28 bits per heavy atom. The van der Waals surface area contributed by atoms with Crippen LogP contribution < -0.4 is 4.72 Å². The van der Waals surface area contributed by atoms with E-state index in [1.807, 2.05) is 0 Å². The summed E-state index contributed by atoms with van der Waals surface area (Å²) in [5.74, 6) is -1.30. The molecule has 7 nitrogen and oxygen atoms in total. The lowest BCUT2D eigenvalue weighted by Gasteiger charge is -2.07. The molecule has 0 bridgehead atoms. The molecule has 0 unspecified atom stereocenters. The Hall–Kier alpha value is -1.67. The molecule has 1 aromatic heterocycles. The second-order valence-electron chi connectivity index (χ2n) is 3.50. The molecule has 0 atom stereocenters. The summed E-state index contributed by atoms with van der Waals surface area (Å²) in [7, 11) is -2.01. The Morgan fingerprint density at radius 3 is 2.89 bits per heavy atom. The number of pyridine rings is 1. The Labute approximate surface area is 105 Å². The Bertz CT molecular complexity index is 515. The molecule has 8 heteroatoms. The molecule has 1 heterocycles. The number of carboxylic acids is 1. The van der Waals surface area contributed by atoms with Gasteiger partial charge in [-0.25, -0.2) is 18.2 Å². The van der Waals surface area contributed by atoms with Crippen LogP contribution in [0.3, 0.4) is 0 Å². The summed E-state index contributed by atoms with van der Waals surface area (Å²) < 4.78 is 30.3. The van der Waals surface area contributed by atoms with Crippen LogP contribution in [0.1, 0.15) is 16.9 Å². The lowest BCUT2D eigenvalue weighted by Crippen LogP contribution is -2.18. The number of aromatic carboxylic acids is 1. The van der Waals surface area contributed by atoms with E-state index in [2.05, 4.69) is 9.71 Å². The Balaban J connectivity index is 2.72. The van der Waals surface area contributed by atoms with Gasteiger partial charge in [0, 0.05) is 19.9 Å². The molecule has 0 aliphatic heterocycles. The standard InChI is InChI=1S/C10H14N2O5S/c1-17-5-2-6-18(15,16)12-8-3-4-11-9(7-8)10(13)14/h3-4,7H,2,5-6H2,1H3,(H,11,12)(H,13,14). The van der Waals surface area contributed by atoms with E-state index in [0.29, 0.717) is 13.0 Å². The van der Waals surface area contributed by atoms with Crippen LogP contribution in [0.4, 0.5) is 5.69 Å². The number of rotatable bonds is 7. The number of methoxy groups -OCH3 is 1. The minimum absolute atomic E-state index is 0.0917. The predicted molar refractivity (Wildman–Crippen MR) is 65.1 cm³/mol. The number of nitrogens with zero attached hydrogens (tertiary/aromatic N) is 1. The summed E-state index contributed by atoms with van der Waals surface area (Å²) >= 11 is 0. The highest BCUT2D eigenvalue weighted by atomic mass is 32.2. The zero-order chi connectivity index (χ0) is 13.6. The molecule has 0 aliphatic carbocycles. The van der Waals surface area contributed by atoms with E-state index >= 15 is 0 Å². The fraction of sp³-hybridized carbons (Fsp3) is 0.400. The molecule has 0 aromatic carbocycles. The highest BCUT2D eigenvalue weighted by molar-refractivity contribution is 7.92. The molecule has 0 saturated carbocycles. The third-order valence-corrected chi connectivity index (χ3v) is 3.39. The monoisotopic (exact) mass is 274 g/mol. The number of aromatic nitrogens is 1. The number of carbonyl (C=O) groups is 1. The van der Waals surface area contributed by atoms with Gasteiger partial charge < -0.3 is 9.84 Å². The zero-order valence-electron chi connectivity index (χ0n) is 9.79. The maximum atomic E-state index is 11.6. The van der Waals surface area contributed by atoms with Gasteiger partial charge in [-0.2, -0.15) is 0 Å². The molecule has 1 aromatic rings. The fourth-order valence-corrected chi connectivity index (χ4v) is 2.32. The van der Waals surface area contributed by atoms with Crippen molar-refractivity contribution >= 4 is 21.7 Å². The van der Waals surface area contributed by atoms with Gasteiger partial charge in [0.15, 0.2) is 0 Å². The summed E-state index contributed by atoms with van der Waals surface area (Å²) in [6.45, 7) is 0.345. The van der Waals surface area contributed by atoms with Gasteiger partial charge in [0.25, 0.3) is 0 Å². The van der Waals surface area contributed by atoms with Crippen LogP contribution in [0, 0.1) is 0 Å². The van der Waals surface area contributed by atoms with Crippen molar-refractivity contribution in [1.29, 1.82) is 0 Å². The second kappa shape index (κ2) is 6.31. The minimum Gasteiger partial charge on any atom is -0.477 e. The largest absolute Gasteiger partial charge is 0.477 e. The van der Waals surface area contributed by atoms with E-state index < -0.39 is 16.0 Å². The first-order chi connectivity index (χ1) is 8.44. The predicted octanol–water partition coefficient (Wildman–Crippen LogP) is 0.558. The summed E-state index contributed by atoms with van der Waals surface area (Å²) in [5, 5.41) is 8.72. The average molecular weight is 274 g/mol. The van der Waals surface area contributed by atoms with Gasteiger partial charge in [0.05, 0.1) is 11.4 Å². The molecule has 0 spiro atoms. The van der Waals surface area contributed by atoms with Crippen LogP contribution in [0.5, 0.6) is 0 Å². The van der Waals surface area contributed by atoms with Gasteiger partial charge in [-0.05, 0) is 18.6 Å². The second-order valence-corrected chi connectivity index (χ2v) is 5.34. The van der Waals surface area contributed by atoms with Gasteiger partial charge in [0.2, 0.25) is 10.0 Å². The highest BCUT2D eigenvalue weighted by Gasteiger charge is 2.12. The van der Waals surface area contributed by atoms with Crippen LogP contribution >= 0.6 is 0 Å². The summed E-state index contributed by atoms with van der Waals surface area (Å²) in [4.78, 5) is 14.3. The van der Waals surface area contributed by atoms with Crippen LogP contribution in [-0.4, -0.2) is 43.9 Å². The molecule has 1 rings (SSSR count). The van der Waals surface area contributed by atoms with Crippen molar-refractivity contribution in [2.75, 3.05) is 24.2 Å². The molecular weight excluding hydrogens is 260 g/mol. The molecular formula is C10H14N2O5S. The third-order valence-electron chi connectivity index (χ3n) is 2.01. The van der Waals surface area contributed by atoms with Crippen LogP contribution in [0.25, 0.3) is 0 Å². The van der Waals surface area contributed by atoms with Crippen molar-refractivity contribution in [3.05, 3.63) is 24.0 Å². The van der Waals surface area contributed by atoms with Crippen molar-refractivity contribution in [3.63, 3.8) is 0 Å². The maximum absolute atomic E-state index is 11.6. The summed E-state index contributed by atoms with van der Waals surface area (Å²) in [6, 6.07) is 2.55. The molecule has 0 amide bonds. The molecule has 0 fully saturated rings. The topological polar surface area (TPSA) is 106 Å². The first kappa shape index (κ1) is 14.4. The van der Waals surface area contributed by atoms with Crippen molar-refractivity contribution in [1.82, 2.24) is 4.98 Å². The number of hydrogen-bond donors (Lipinski definition) is 2. The molecule has 2 N–H and O–H groups in total. The lowest BCUT2D eigenvalue weighted by molar-refractivity contribution is 0.0690. The fourth-order valence-electron chi connectivity index (χ4n) is 1.23. The minimum atomic E-state index is -3.50. The SMILES string of the molecule is COCCCS(=O)(=O)Nc1ccnc(C(=O)O)c1. The van der Waals surface area contributed by atoms with Crippen molar-refractivity contribution in [2.45, 2.75) is 6.42 Å². The molecule has 0 radical (unpaired) electrons. The van der Waals surface area contributed by atoms with E-state index in [4.69, 9.17) is 9.84 Å². The smallest absolute Gasteiger partial charge is 0.354 e. The van der Waals surface area contributed by atoms with Gasteiger partial charge in [-0.15, -0.1) is 0 Å². The van der Waals surface area contributed by atoms with Gasteiger partial charge in [-0.1, -0.05) is 0 Å². The Kier molecular flexibility index (Phi) is 5.05. The van der Waals surface area contributed by atoms with E-state index in [9.17, 15) is 13.2 Å². The number of carboxylic acid groups (broad SMARTS) is 1. The van der Waals surface area contributed by atoms with E-state index in [-0.39, 0.29) is 17.1 Å². The van der Waals surface area contributed by atoms with Crippen LogP contribution in [-0.2, 0) is 14.8 Å². The normalized spacial score (nSPS) is 11.2. The van der Waals surface area contributed by atoms with Crippen LogP contribution in [0.15, 0.2) is 18.3 Å². The first-order valence-corrected chi connectivity index (χ1v) is 6.78. The average Bonchev–Trinajstić information content (AvgIpc) is 2.28. The molecule has 0 aliphatic rings. The zero-order valence-corrected chi connectivity index (χ0v) is 10.6. The third kappa shape index (κ3) is 4.68. The molecule has 100 valence electrons. The molecule has 0 saturated heterocycles. The quantitative estimate of drug-likeness (QED) is 0.704. The van der Waals surface area contributed by atoms with Crippen molar-refractivity contribution in [2.24, 2.45) is 0 Å². The summed E-state index contributed by atoms with van der Waals surface area (Å²) in [5.41, 5.74) is -0.0353. The van der Waals surface area contributed by atoms with Gasteiger partial charge >= 0.3 is 5.97 Å². The molecule has 18 heavy (non-hydrogen) atoms. The van der Waals surface area contributed by atoms with E-state index in [1.165, 1.54) is 19.4 Å². The van der Waals surface area contributed by atoms with E-state index in [0.717, 1.165) is 6.07 Å². The number of ether oxygens (including phenoxy) is 1. The first-order valence-electron chi connectivity index (χ1n) is 5.13. The maximum Gasteiger partial charge on any atom is 0.354 e. The van der Waals surface area contributed by atoms with Crippen molar-refractivity contribution < 1.29 is 23.1 Å². The van der Waals surface area contributed by atoms with Crippen LogP contribution in [0.2, 0.25) is 0 Å². The van der Waals surface area contributed by atoms with Crippen molar-refractivity contribution in [3.8, 4) is 0 Å². The summed E-state index contributed by atoms with van der Waals surface area (Å²) in [6.07, 6.45) is 1.60. The Morgan fingerprint density at radius 1 is 1.56 bits per heavy atom. The number of sulfonamides is 1. The number of anilines is 1. The lowest BCUT2D eigenvalue weighted by atomic mass is 10.3. The van der Waals surface area contributed by atoms with E-state index in [1.54, 1.807) is 0 Å². The van der Waals surface area contributed by atoms with Gasteiger partial charge in [-0.3, -0.25) is 4.72 Å². The highest BCUT2D eigenvalue weighted by Crippen LogP contribution is 2.10. The number of nitrogens with one attached hydrogen (secondary N) is 1. The number of hydrogen-bond acceptors (Lipinski definition) is 5.